The number of carbonyl (C=O) groups excluding carboxylic acids is 1. The van der Waals surface area contributed by atoms with Gasteiger partial charge in [-0.05, 0) is 36.4 Å². The molecule has 0 saturated heterocycles. The highest BCUT2D eigenvalue weighted by molar-refractivity contribution is 7.89. The molecule has 0 atom stereocenters. The van der Waals surface area contributed by atoms with Gasteiger partial charge in [0.2, 0.25) is 16.8 Å². The maximum atomic E-state index is 12.1. The van der Waals surface area contributed by atoms with Crippen molar-refractivity contribution < 1.29 is 27.5 Å². The summed E-state index contributed by atoms with van der Waals surface area (Å²) in [7, 11) is -0.709. The van der Waals surface area contributed by atoms with E-state index in [1.807, 2.05) is 0 Å². The summed E-state index contributed by atoms with van der Waals surface area (Å²) >= 11 is 0. The van der Waals surface area contributed by atoms with Gasteiger partial charge < -0.3 is 19.6 Å². The van der Waals surface area contributed by atoms with Crippen molar-refractivity contribution in [3.63, 3.8) is 0 Å². The van der Waals surface area contributed by atoms with E-state index in [0.717, 1.165) is 9.87 Å². The topological polar surface area (TPSA) is 107 Å². The summed E-state index contributed by atoms with van der Waals surface area (Å²) in [5, 5.41) is 6.31. The molecule has 0 saturated carbocycles. The molecule has 1 amide bonds. The minimum atomic E-state index is -3.58. The number of oxime groups is 1. The fraction of sp³-hybridized carbons (Fsp3) is 0.222. The summed E-state index contributed by atoms with van der Waals surface area (Å²) in [6.07, 6.45) is 1.44. The van der Waals surface area contributed by atoms with E-state index < -0.39 is 15.9 Å². The Labute approximate surface area is 162 Å². The Morgan fingerprint density at radius 2 is 2.00 bits per heavy atom. The van der Waals surface area contributed by atoms with Crippen molar-refractivity contribution in [1.29, 1.82) is 0 Å². The van der Waals surface area contributed by atoms with Gasteiger partial charge in [0.25, 0.3) is 5.91 Å². The normalized spacial score (nSPS) is 13.1. The number of hydrogen-bond donors (Lipinski definition) is 1. The summed E-state index contributed by atoms with van der Waals surface area (Å²) < 4.78 is 35.9. The lowest BCUT2D eigenvalue weighted by atomic mass is 10.2. The zero-order valence-corrected chi connectivity index (χ0v) is 16.1. The first-order valence-corrected chi connectivity index (χ1v) is 9.68. The standard InChI is InChI=1S/C18H19N3O6S/c1-21(2)28(23,24)15-5-3-4-14(9-15)20-18(22)11-27-19-10-13-6-7-16-17(8-13)26-12-25-16/h3-10H,11-12H2,1-2H3,(H,20,22)/b19-10-. The summed E-state index contributed by atoms with van der Waals surface area (Å²) in [6.45, 7) is -0.143. The number of anilines is 1. The van der Waals surface area contributed by atoms with Gasteiger partial charge in [-0.1, -0.05) is 11.2 Å². The largest absolute Gasteiger partial charge is 0.454 e. The summed E-state index contributed by atoms with van der Waals surface area (Å²) in [5.41, 5.74) is 1.07. The Morgan fingerprint density at radius 1 is 1.21 bits per heavy atom. The number of rotatable bonds is 7. The van der Waals surface area contributed by atoms with Crippen LogP contribution in [0.15, 0.2) is 52.5 Å². The van der Waals surface area contributed by atoms with Crippen LogP contribution in [0, 0.1) is 0 Å². The summed E-state index contributed by atoms with van der Waals surface area (Å²) in [4.78, 5) is 17.0. The van der Waals surface area contributed by atoms with E-state index in [0.29, 0.717) is 17.2 Å². The lowest BCUT2D eigenvalue weighted by molar-refractivity contribution is -0.120. The number of hydrogen-bond acceptors (Lipinski definition) is 7. The molecule has 1 heterocycles. The molecule has 3 rings (SSSR count). The SMILES string of the molecule is CN(C)S(=O)(=O)c1cccc(NC(=O)CO/N=C\c2ccc3c(c2)OCO3)c1. The zero-order chi connectivity index (χ0) is 20.1. The second-order valence-corrected chi connectivity index (χ2v) is 8.14. The third kappa shape index (κ3) is 4.59. The molecule has 9 nitrogen and oxygen atoms in total. The lowest BCUT2D eigenvalue weighted by Gasteiger charge is -2.12. The second-order valence-electron chi connectivity index (χ2n) is 5.98. The Balaban J connectivity index is 1.53. The molecule has 0 fully saturated rings. The van der Waals surface area contributed by atoms with Gasteiger partial charge >= 0.3 is 0 Å². The molecule has 0 spiro atoms. The Kier molecular flexibility index (Phi) is 5.81. The van der Waals surface area contributed by atoms with Gasteiger partial charge in [-0.15, -0.1) is 0 Å². The highest BCUT2D eigenvalue weighted by atomic mass is 32.2. The first-order chi connectivity index (χ1) is 13.4. The number of benzene rings is 2. The maximum Gasteiger partial charge on any atom is 0.265 e. The molecule has 1 N–H and O–H groups in total. The average Bonchev–Trinajstić information content (AvgIpc) is 3.13. The van der Waals surface area contributed by atoms with Crippen LogP contribution in [0.2, 0.25) is 0 Å². The van der Waals surface area contributed by atoms with E-state index >= 15 is 0 Å². The van der Waals surface area contributed by atoms with Crippen LogP contribution in [0.3, 0.4) is 0 Å². The van der Waals surface area contributed by atoms with Crippen molar-refractivity contribution in [2.24, 2.45) is 5.16 Å². The molecule has 0 unspecified atom stereocenters. The van der Waals surface area contributed by atoms with Crippen molar-refractivity contribution in [2.75, 3.05) is 32.8 Å². The number of amides is 1. The molecule has 0 aromatic heterocycles. The van der Waals surface area contributed by atoms with Crippen LogP contribution in [0.25, 0.3) is 0 Å². The fourth-order valence-electron chi connectivity index (χ4n) is 2.33. The van der Waals surface area contributed by atoms with E-state index in [9.17, 15) is 13.2 Å². The van der Waals surface area contributed by atoms with Crippen molar-refractivity contribution in [3.8, 4) is 11.5 Å². The van der Waals surface area contributed by atoms with Crippen molar-refractivity contribution in [2.45, 2.75) is 4.90 Å². The number of nitrogens with zero attached hydrogens (tertiary/aromatic N) is 2. The first kappa shape index (κ1) is 19.6. The van der Waals surface area contributed by atoms with Gasteiger partial charge in [0.15, 0.2) is 18.1 Å². The predicted octanol–water partition coefficient (Wildman–Crippen LogP) is 1.65. The molecule has 0 aliphatic carbocycles. The molecule has 1 aliphatic rings. The average molecular weight is 405 g/mol. The van der Waals surface area contributed by atoms with Crippen LogP contribution in [-0.4, -0.2) is 52.3 Å². The molecule has 28 heavy (non-hydrogen) atoms. The molecule has 1 aliphatic heterocycles. The van der Waals surface area contributed by atoms with Crippen LogP contribution < -0.4 is 14.8 Å². The van der Waals surface area contributed by atoms with E-state index in [4.69, 9.17) is 14.3 Å². The minimum absolute atomic E-state index is 0.0806. The van der Waals surface area contributed by atoms with Crippen LogP contribution >= 0.6 is 0 Å². The van der Waals surface area contributed by atoms with Crippen LogP contribution in [-0.2, 0) is 19.7 Å². The quantitative estimate of drug-likeness (QED) is 0.555. The van der Waals surface area contributed by atoms with Gasteiger partial charge in [-0.3, -0.25) is 4.79 Å². The predicted molar refractivity (Wildman–Crippen MR) is 102 cm³/mol. The minimum Gasteiger partial charge on any atom is -0.454 e. The number of sulfonamides is 1. The van der Waals surface area contributed by atoms with Gasteiger partial charge in [0.1, 0.15) is 0 Å². The van der Waals surface area contributed by atoms with Crippen molar-refractivity contribution >= 4 is 27.8 Å². The smallest absolute Gasteiger partial charge is 0.265 e. The fourth-order valence-corrected chi connectivity index (χ4v) is 3.28. The summed E-state index contributed by atoms with van der Waals surface area (Å²) in [6, 6.07) is 11.2. The van der Waals surface area contributed by atoms with Gasteiger partial charge in [0.05, 0.1) is 11.1 Å². The Hall–Kier alpha value is -3.11. The lowest BCUT2D eigenvalue weighted by Crippen LogP contribution is -2.22. The second kappa shape index (κ2) is 8.28. The maximum absolute atomic E-state index is 12.1. The van der Waals surface area contributed by atoms with Gasteiger partial charge in [0, 0.05) is 25.3 Å². The molecule has 10 heteroatoms. The number of carbonyl (C=O) groups is 1. The molecule has 148 valence electrons. The van der Waals surface area contributed by atoms with Crippen LogP contribution in [0.5, 0.6) is 11.5 Å². The van der Waals surface area contributed by atoms with E-state index in [2.05, 4.69) is 10.5 Å². The monoisotopic (exact) mass is 405 g/mol. The van der Waals surface area contributed by atoms with Crippen molar-refractivity contribution in [1.82, 2.24) is 4.31 Å². The third-order valence-corrected chi connectivity index (χ3v) is 5.58. The highest BCUT2D eigenvalue weighted by Crippen LogP contribution is 2.31. The number of fused-ring (bicyclic) bond motifs is 1. The number of nitrogens with one attached hydrogen (secondary N) is 1. The first-order valence-electron chi connectivity index (χ1n) is 8.24. The molecular formula is C18H19N3O6S. The van der Waals surface area contributed by atoms with Gasteiger partial charge in [-0.2, -0.15) is 0 Å². The number of ether oxygens (including phenoxy) is 2. The van der Waals surface area contributed by atoms with Crippen molar-refractivity contribution in [3.05, 3.63) is 48.0 Å². The van der Waals surface area contributed by atoms with E-state index in [1.165, 1.54) is 32.4 Å². The van der Waals surface area contributed by atoms with Gasteiger partial charge in [-0.25, -0.2) is 12.7 Å². The Morgan fingerprint density at radius 3 is 2.79 bits per heavy atom. The molecule has 2 aromatic carbocycles. The van der Waals surface area contributed by atoms with Crippen LogP contribution in [0.4, 0.5) is 5.69 Å². The molecule has 2 aromatic rings. The third-order valence-electron chi connectivity index (χ3n) is 3.76. The molecule has 0 radical (unpaired) electrons. The van der Waals surface area contributed by atoms with E-state index in [-0.39, 0.29) is 18.3 Å². The van der Waals surface area contributed by atoms with E-state index in [1.54, 1.807) is 30.3 Å². The van der Waals surface area contributed by atoms with Crippen LogP contribution in [0.1, 0.15) is 5.56 Å². The molecule has 0 bridgehead atoms. The molecular weight excluding hydrogens is 386 g/mol. The zero-order valence-electron chi connectivity index (χ0n) is 15.3. The Bertz CT molecular complexity index is 1000. The summed E-state index contributed by atoms with van der Waals surface area (Å²) in [5.74, 6) is 0.812. The highest BCUT2D eigenvalue weighted by Gasteiger charge is 2.17.